The smallest absolute Gasteiger partial charge is 0.164 e. The zero-order valence-corrected chi connectivity index (χ0v) is 12.2. The molecule has 3 nitrogen and oxygen atoms in total. The molecule has 0 aromatic heterocycles. The number of amidine groups is 1. The lowest BCUT2D eigenvalue weighted by Crippen LogP contribution is -2.56. The zero-order chi connectivity index (χ0) is 15.0. The van der Waals surface area contributed by atoms with Crippen molar-refractivity contribution in [1.29, 1.82) is 0 Å². The highest BCUT2D eigenvalue weighted by Gasteiger charge is 2.54. The van der Waals surface area contributed by atoms with Crippen molar-refractivity contribution in [2.75, 3.05) is 26.1 Å². The number of halogens is 3. The quantitative estimate of drug-likeness (QED) is 0.910. The minimum atomic E-state index is -0.969. The van der Waals surface area contributed by atoms with E-state index in [1.54, 1.807) is 7.05 Å². The first-order valence-corrected chi connectivity index (χ1v) is 7.60. The van der Waals surface area contributed by atoms with Crippen LogP contribution in [-0.2, 0) is 10.3 Å². The summed E-state index contributed by atoms with van der Waals surface area (Å²) in [5.74, 6) is -1.57. The van der Waals surface area contributed by atoms with Crippen LogP contribution in [0.1, 0.15) is 5.56 Å². The fourth-order valence-electron chi connectivity index (χ4n) is 3.02. The lowest BCUT2D eigenvalue weighted by Gasteiger charge is -2.41. The third-order valence-electron chi connectivity index (χ3n) is 4.12. The number of alkyl halides is 1. The molecule has 114 valence electrons. The summed E-state index contributed by atoms with van der Waals surface area (Å²) in [5, 5.41) is 3.77. The molecule has 3 rings (SSSR count). The second-order valence-corrected chi connectivity index (χ2v) is 6.16. The lowest BCUT2D eigenvalue weighted by molar-refractivity contribution is 0.0718. The standard InChI is InChI=1S/C14H15F3N2OS/c1-18-13-19-14(8-3-2-4-10(16)12(8)17)7-20-11(5-15)9(14)6-21-13/h2-4,9,11H,5-7H2,1H3,(H,18,19). The highest BCUT2D eigenvalue weighted by atomic mass is 32.2. The van der Waals surface area contributed by atoms with Crippen LogP contribution in [-0.4, -0.2) is 37.4 Å². The van der Waals surface area contributed by atoms with Crippen LogP contribution in [0, 0.1) is 17.6 Å². The van der Waals surface area contributed by atoms with Crippen LogP contribution in [0.3, 0.4) is 0 Å². The zero-order valence-electron chi connectivity index (χ0n) is 11.4. The van der Waals surface area contributed by atoms with Crippen LogP contribution in [0.4, 0.5) is 13.2 Å². The molecule has 0 spiro atoms. The maximum Gasteiger partial charge on any atom is 0.164 e. The molecule has 0 radical (unpaired) electrons. The first-order chi connectivity index (χ1) is 10.1. The maximum absolute atomic E-state index is 14.3. The average Bonchev–Trinajstić information content (AvgIpc) is 2.88. The number of nitrogens with one attached hydrogen (secondary N) is 1. The van der Waals surface area contributed by atoms with Crippen molar-refractivity contribution in [3.63, 3.8) is 0 Å². The molecule has 1 aromatic carbocycles. The Kier molecular flexibility index (Phi) is 3.88. The van der Waals surface area contributed by atoms with Crippen LogP contribution in [0.25, 0.3) is 0 Å². The summed E-state index contributed by atoms with van der Waals surface area (Å²) < 4.78 is 46.5. The molecule has 0 saturated carbocycles. The number of thioether (sulfide) groups is 1. The molecule has 2 aliphatic heterocycles. The number of hydrogen-bond donors (Lipinski definition) is 1. The Hall–Kier alpha value is -1.21. The molecule has 0 amide bonds. The number of fused-ring (bicyclic) bond motifs is 1. The van der Waals surface area contributed by atoms with Gasteiger partial charge in [0.2, 0.25) is 0 Å². The maximum atomic E-state index is 14.3. The molecule has 3 unspecified atom stereocenters. The second-order valence-electron chi connectivity index (χ2n) is 5.15. The SMILES string of the molecule is CN=C1NC2(c3cccc(F)c3F)COC(CF)C2CS1. The van der Waals surface area contributed by atoms with Crippen molar-refractivity contribution in [1.82, 2.24) is 5.32 Å². The first-order valence-electron chi connectivity index (χ1n) is 6.62. The van der Waals surface area contributed by atoms with Gasteiger partial charge >= 0.3 is 0 Å². The van der Waals surface area contributed by atoms with Gasteiger partial charge in [-0.2, -0.15) is 0 Å². The van der Waals surface area contributed by atoms with E-state index in [0.29, 0.717) is 10.9 Å². The van der Waals surface area contributed by atoms with Crippen LogP contribution in [0.15, 0.2) is 23.2 Å². The fraction of sp³-hybridized carbons (Fsp3) is 0.500. The minimum Gasteiger partial charge on any atom is -0.372 e. The van der Waals surface area contributed by atoms with Gasteiger partial charge in [0.25, 0.3) is 0 Å². The topological polar surface area (TPSA) is 33.6 Å². The van der Waals surface area contributed by atoms with E-state index in [9.17, 15) is 13.2 Å². The fourth-order valence-corrected chi connectivity index (χ4v) is 4.24. The van der Waals surface area contributed by atoms with Crippen molar-refractivity contribution in [2.24, 2.45) is 10.9 Å². The minimum absolute atomic E-state index is 0.0895. The van der Waals surface area contributed by atoms with Gasteiger partial charge in [0, 0.05) is 24.3 Å². The third-order valence-corrected chi connectivity index (χ3v) is 5.21. The normalized spacial score (nSPS) is 33.8. The molecular formula is C14H15F3N2OS. The van der Waals surface area contributed by atoms with Crippen molar-refractivity contribution < 1.29 is 17.9 Å². The Balaban J connectivity index is 2.11. The van der Waals surface area contributed by atoms with E-state index in [4.69, 9.17) is 4.74 Å². The Morgan fingerprint density at radius 3 is 3.00 bits per heavy atom. The first kappa shape index (κ1) is 14.7. The van der Waals surface area contributed by atoms with Crippen LogP contribution >= 0.6 is 11.8 Å². The van der Waals surface area contributed by atoms with E-state index in [2.05, 4.69) is 10.3 Å². The van der Waals surface area contributed by atoms with Crippen molar-refractivity contribution in [3.05, 3.63) is 35.4 Å². The molecule has 2 aliphatic rings. The summed E-state index contributed by atoms with van der Waals surface area (Å²) in [7, 11) is 1.62. The Bertz CT molecular complexity index is 583. The van der Waals surface area contributed by atoms with Gasteiger partial charge in [-0.15, -0.1) is 0 Å². The van der Waals surface area contributed by atoms with Crippen LogP contribution in [0.5, 0.6) is 0 Å². The van der Waals surface area contributed by atoms with Gasteiger partial charge < -0.3 is 10.1 Å². The molecule has 0 bridgehead atoms. The van der Waals surface area contributed by atoms with E-state index in [1.807, 2.05) is 0 Å². The third kappa shape index (κ3) is 2.23. The molecule has 1 aromatic rings. The molecule has 3 atom stereocenters. The molecule has 2 fully saturated rings. The Morgan fingerprint density at radius 2 is 2.29 bits per heavy atom. The van der Waals surface area contributed by atoms with Gasteiger partial charge in [-0.3, -0.25) is 4.99 Å². The van der Waals surface area contributed by atoms with E-state index in [1.165, 1.54) is 23.9 Å². The van der Waals surface area contributed by atoms with Crippen LogP contribution in [0.2, 0.25) is 0 Å². The van der Waals surface area contributed by atoms with Gasteiger partial charge in [-0.1, -0.05) is 23.9 Å². The van der Waals surface area contributed by atoms with E-state index in [-0.39, 0.29) is 18.1 Å². The van der Waals surface area contributed by atoms with E-state index >= 15 is 0 Å². The number of nitrogens with zero attached hydrogens (tertiary/aromatic N) is 1. The molecule has 0 aliphatic carbocycles. The summed E-state index contributed by atoms with van der Waals surface area (Å²) in [6, 6.07) is 4.04. The number of rotatable bonds is 2. The molecule has 2 saturated heterocycles. The van der Waals surface area contributed by atoms with E-state index in [0.717, 1.165) is 6.07 Å². The summed E-state index contributed by atoms with van der Waals surface area (Å²) in [6.45, 7) is -0.559. The van der Waals surface area contributed by atoms with Gasteiger partial charge in [0.05, 0.1) is 18.2 Å². The van der Waals surface area contributed by atoms with Crippen molar-refractivity contribution in [3.8, 4) is 0 Å². The predicted octanol–water partition coefficient (Wildman–Crippen LogP) is 2.47. The number of ether oxygens (including phenoxy) is 1. The van der Waals surface area contributed by atoms with E-state index < -0.39 is 30.0 Å². The Morgan fingerprint density at radius 1 is 1.48 bits per heavy atom. The summed E-state index contributed by atoms with van der Waals surface area (Å²) in [6.07, 6.45) is -0.619. The van der Waals surface area contributed by atoms with Gasteiger partial charge in [-0.25, -0.2) is 13.2 Å². The van der Waals surface area contributed by atoms with Gasteiger partial charge in [-0.05, 0) is 6.07 Å². The molecule has 7 heteroatoms. The van der Waals surface area contributed by atoms with Crippen LogP contribution < -0.4 is 5.32 Å². The van der Waals surface area contributed by atoms with Crippen molar-refractivity contribution in [2.45, 2.75) is 11.6 Å². The monoisotopic (exact) mass is 316 g/mol. The molecule has 21 heavy (non-hydrogen) atoms. The highest BCUT2D eigenvalue weighted by Crippen LogP contribution is 2.45. The molecule has 1 N–H and O–H groups in total. The Labute approximate surface area is 125 Å². The lowest BCUT2D eigenvalue weighted by atomic mass is 9.78. The van der Waals surface area contributed by atoms with Gasteiger partial charge in [0.15, 0.2) is 16.8 Å². The largest absolute Gasteiger partial charge is 0.372 e. The second kappa shape index (κ2) is 5.53. The highest BCUT2D eigenvalue weighted by molar-refractivity contribution is 8.13. The summed E-state index contributed by atoms with van der Waals surface area (Å²) in [4.78, 5) is 4.08. The summed E-state index contributed by atoms with van der Waals surface area (Å²) >= 11 is 1.44. The van der Waals surface area contributed by atoms with Gasteiger partial charge in [0.1, 0.15) is 6.67 Å². The molecule has 2 heterocycles. The molecular weight excluding hydrogens is 301 g/mol. The number of aliphatic imine (C=N–C) groups is 1. The number of benzene rings is 1. The summed E-state index contributed by atoms with van der Waals surface area (Å²) in [5.41, 5.74) is -0.798. The predicted molar refractivity (Wildman–Crippen MR) is 76.2 cm³/mol. The van der Waals surface area contributed by atoms with Crippen molar-refractivity contribution >= 4 is 16.9 Å². The number of hydrogen-bond acceptors (Lipinski definition) is 3. The average molecular weight is 316 g/mol.